The Hall–Kier alpha value is -0.570. The van der Waals surface area contributed by atoms with Crippen molar-refractivity contribution >= 4 is 5.97 Å². The molecular weight excluding hydrogens is 156 g/mol. The summed E-state index contributed by atoms with van der Waals surface area (Å²) in [6.07, 6.45) is 1.25. The van der Waals surface area contributed by atoms with Crippen LogP contribution in [0.25, 0.3) is 0 Å². The van der Waals surface area contributed by atoms with Crippen LogP contribution >= 0.6 is 0 Å². The van der Waals surface area contributed by atoms with Gasteiger partial charge in [0, 0.05) is 0 Å². The summed E-state index contributed by atoms with van der Waals surface area (Å²) in [5, 5.41) is 9.07. The molecule has 0 aromatic heterocycles. The maximum atomic E-state index is 11.4. The third-order valence-corrected chi connectivity index (χ3v) is 2.36. The van der Waals surface area contributed by atoms with Crippen LogP contribution < -0.4 is 0 Å². The largest absolute Gasteiger partial charge is 0.465 e. The van der Waals surface area contributed by atoms with E-state index in [2.05, 4.69) is 0 Å². The summed E-state index contributed by atoms with van der Waals surface area (Å²) in [4.78, 5) is 11.4. The van der Waals surface area contributed by atoms with Gasteiger partial charge < -0.3 is 9.84 Å². The van der Waals surface area contributed by atoms with Crippen molar-refractivity contribution in [3.63, 3.8) is 0 Å². The fourth-order valence-corrected chi connectivity index (χ4v) is 1.11. The van der Waals surface area contributed by atoms with E-state index in [4.69, 9.17) is 9.84 Å². The molecule has 12 heavy (non-hydrogen) atoms. The molecule has 0 unspecified atom stereocenters. The molecule has 3 nitrogen and oxygen atoms in total. The van der Waals surface area contributed by atoms with Crippen molar-refractivity contribution in [2.24, 2.45) is 5.41 Å². The second-order valence-electron chi connectivity index (χ2n) is 2.87. The molecular formula is C9H18O3. The Bertz CT molecular complexity index is 130. The summed E-state index contributed by atoms with van der Waals surface area (Å²) >= 11 is 0. The standard InChI is InChI=1S/C9H18O3/c1-4-9(5-2,7-10)8(11)12-6-3/h10H,4-7H2,1-3H3. The average molecular weight is 174 g/mol. The number of carbonyl (C=O) groups is 1. The van der Waals surface area contributed by atoms with E-state index in [9.17, 15) is 4.79 Å². The average Bonchev–Trinajstić information content (AvgIpc) is 2.09. The topological polar surface area (TPSA) is 46.5 Å². The lowest BCUT2D eigenvalue weighted by Crippen LogP contribution is -2.35. The molecule has 0 aliphatic heterocycles. The highest BCUT2D eigenvalue weighted by Gasteiger charge is 2.35. The summed E-state index contributed by atoms with van der Waals surface area (Å²) in [5.41, 5.74) is -0.671. The predicted octanol–water partition coefficient (Wildman–Crippen LogP) is 1.35. The van der Waals surface area contributed by atoms with Crippen LogP contribution in [0.1, 0.15) is 33.6 Å². The van der Waals surface area contributed by atoms with E-state index >= 15 is 0 Å². The lowest BCUT2D eigenvalue weighted by molar-refractivity contribution is -0.158. The fourth-order valence-electron chi connectivity index (χ4n) is 1.11. The highest BCUT2D eigenvalue weighted by molar-refractivity contribution is 5.76. The first-order valence-corrected chi connectivity index (χ1v) is 4.45. The van der Waals surface area contributed by atoms with Gasteiger partial charge in [-0.1, -0.05) is 13.8 Å². The van der Waals surface area contributed by atoms with Gasteiger partial charge in [-0.05, 0) is 19.8 Å². The summed E-state index contributed by atoms with van der Waals surface area (Å²) in [6, 6.07) is 0. The molecule has 0 bridgehead atoms. The minimum absolute atomic E-state index is 0.126. The Morgan fingerprint density at radius 1 is 1.33 bits per heavy atom. The molecule has 72 valence electrons. The van der Waals surface area contributed by atoms with Crippen LogP contribution in [-0.2, 0) is 9.53 Å². The van der Waals surface area contributed by atoms with Crippen LogP contribution in [0.2, 0.25) is 0 Å². The van der Waals surface area contributed by atoms with Gasteiger partial charge in [-0.2, -0.15) is 0 Å². The zero-order valence-corrected chi connectivity index (χ0v) is 8.09. The van der Waals surface area contributed by atoms with E-state index in [0.29, 0.717) is 19.4 Å². The van der Waals surface area contributed by atoms with Crippen molar-refractivity contribution in [2.45, 2.75) is 33.6 Å². The number of ether oxygens (including phenoxy) is 1. The molecule has 0 radical (unpaired) electrons. The zero-order valence-electron chi connectivity index (χ0n) is 8.09. The molecule has 0 aromatic rings. The Kier molecular flexibility index (Phi) is 4.90. The van der Waals surface area contributed by atoms with E-state index in [1.807, 2.05) is 13.8 Å². The van der Waals surface area contributed by atoms with E-state index in [0.717, 1.165) is 0 Å². The van der Waals surface area contributed by atoms with Crippen LogP contribution in [0.4, 0.5) is 0 Å². The minimum atomic E-state index is -0.671. The third-order valence-electron chi connectivity index (χ3n) is 2.36. The van der Waals surface area contributed by atoms with Crippen molar-refractivity contribution in [1.82, 2.24) is 0 Å². The number of esters is 1. The van der Waals surface area contributed by atoms with Gasteiger partial charge in [0.05, 0.1) is 18.6 Å². The predicted molar refractivity (Wildman–Crippen MR) is 46.7 cm³/mol. The number of carbonyl (C=O) groups excluding carboxylic acids is 1. The van der Waals surface area contributed by atoms with E-state index in [1.54, 1.807) is 6.92 Å². The Balaban J connectivity index is 4.36. The Labute approximate surface area is 73.7 Å². The molecule has 0 aromatic carbocycles. The molecule has 0 atom stereocenters. The van der Waals surface area contributed by atoms with E-state index < -0.39 is 5.41 Å². The van der Waals surface area contributed by atoms with Gasteiger partial charge in [0.25, 0.3) is 0 Å². The van der Waals surface area contributed by atoms with Gasteiger partial charge in [-0.15, -0.1) is 0 Å². The smallest absolute Gasteiger partial charge is 0.314 e. The van der Waals surface area contributed by atoms with Crippen LogP contribution in [0.3, 0.4) is 0 Å². The summed E-state index contributed by atoms with van der Waals surface area (Å²) < 4.78 is 4.88. The molecule has 0 amide bonds. The highest BCUT2D eigenvalue weighted by Crippen LogP contribution is 2.27. The van der Waals surface area contributed by atoms with E-state index in [-0.39, 0.29) is 12.6 Å². The number of hydrogen-bond acceptors (Lipinski definition) is 3. The monoisotopic (exact) mass is 174 g/mol. The van der Waals surface area contributed by atoms with E-state index in [1.165, 1.54) is 0 Å². The summed E-state index contributed by atoms with van der Waals surface area (Å²) in [6.45, 7) is 5.79. The zero-order chi connectivity index (χ0) is 9.61. The minimum Gasteiger partial charge on any atom is -0.465 e. The summed E-state index contributed by atoms with van der Waals surface area (Å²) in [7, 11) is 0. The first-order valence-electron chi connectivity index (χ1n) is 4.45. The third kappa shape index (κ3) is 2.21. The maximum absolute atomic E-state index is 11.4. The molecule has 0 aliphatic carbocycles. The lowest BCUT2D eigenvalue weighted by Gasteiger charge is -2.26. The van der Waals surface area contributed by atoms with Gasteiger partial charge in [0.2, 0.25) is 0 Å². The second kappa shape index (κ2) is 5.14. The molecule has 0 rings (SSSR count). The Morgan fingerprint density at radius 2 is 1.83 bits per heavy atom. The first kappa shape index (κ1) is 11.4. The van der Waals surface area contributed by atoms with Crippen molar-refractivity contribution in [3.8, 4) is 0 Å². The van der Waals surface area contributed by atoms with Crippen LogP contribution in [0.15, 0.2) is 0 Å². The lowest BCUT2D eigenvalue weighted by atomic mass is 9.83. The molecule has 0 fully saturated rings. The van der Waals surface area contributed by atoms with Gasteiger partial charge in [-0.3, -0.25) is 4.79 Å². The molecule has 0 heterocycles. The number of aliphatic hydroxyl groups excluding tert-OH is 1. The van der Waals surface area contributed by atoms with Crippen molar-refractivity contribution < 1.29 is 14.6 Å². The maximum Gasteiger partial charge on any atom is 0.314 e. The van der Waals surface area contributed by atoms with Gasteiger partial charge >= 0.3 is 5.97 Å². The van der Waals surface area contributed by atoms with Crippen molar-refractivity contribution in [2.75, 3.05) is 13.2 Å². The molecule has 3 heteroatoms. The number of rotatable bonds is 5. The number of hydrogen-bond donors (Lipinski definition) is 1. The van der Waals surface area contributed by atoms with Crippen molar-refractivity contribution in [1.29, 1.82) is 0 Å². The highest BCUT2D eigenvalue weighted by atomic mass is 16.5. The van der Waals surface area contributed by atoms with Crippen LogP contribution in [-0.4, -0.2) is 24.3 Å². The van der Waals surface area contributed by atoms with Crippen LogP contribution in [0.5, 0.6) is 0 Å². The van der Waals surface area contributed by atoms with Crippen molar-refractivity contribution in [3.05, 3.63) is 0 Å². The van der Waals surface area contributed by atoms with Gasteiger partial charge in [0.15, 0.2) is 0 Å². The second-order valence-corrected chi connectivity index (χ2v) is 2.87. The quantitative estimate of drug-likeness (QED) is 0.640. The van der Waals surface area contributed by atoms with Gasteiger partial charge in [-0.25, -0.2) is 0 Å². The van der Waals surface area contributed by atoms with Crippen LogP contribution in [0, 0.1) is 5.41 Å². The SMILES string of the molecule is CCOC(=O)C(CC)(CC)CO. The molecule has 0 aliphatic rings. The fraction of sp³-hybridized carbons (Fsp3) is 0.889. The molecule has 1 N–H and O–H groups in total. The molecule has 0 saturated heterocycles. The molecule has 0 saturated carbocycles. The normalized spacial score (nSPS) is 11.3. The van der Waals surface area contributed by atoms with Gasteiger partial charge in [0.1, 0.15) is 0 Å². The Morgan fingerprint density at radius 3 is 2.08 bits per heavy atom. The summed E-state index contributed by atoms with van der Waals surface area (Å²) in [5.74, 6) is -0.280. The first-order chi connectivity index (χ1) is 5.66. The number of aliphatic hydroxyl groups is 1. The molecule has 0 spiro atoms.